The minimum atomic E-state index is -3.18. The van der Waals surface area contributed by atoms with Gasteiger partial charge in [0.2, 0.25) is 0 Å². The first-order chi connectivity index (χ1) is 15.0. The Morgan fingerprint density at radius 1 is 1.16 bits per heavy atom. The number of hydrogen-bond acceptors (Lipinski definition) is 4. The number of nitrogens with two attached hydrogens (primary N) is 1. The van der Waals surface area contributed by atoms with Gasteiger partial charge in [0, 0.05) is 16.6 Å². The van der Waals surface area contributed by atoms with Gasteiger partial charge in [0.05, 0.1) is 5.52 Å². The molecule has 4 rings (SSSR count). The maximum Gasteiger partial charge on any atom is 0.413 e. The van der Waals surface area contributed by atoms with Crippen molar-refractivity contribution >= 4 is 38.1 Å². The van der Waals surface area contributed by atoms with Crippen LogP contribution in [-0.4, -0.2) is 28.7 Å². The number of ether oxygens (including phenoxy) is 1. The van der Waals surface area contributed by atoms with Crippen LogP contribution in [0.25, 0.3) is 17.0 Å². The van der Waals surface area contributed by atoms with Gasteiger partial charge < -0.3 is 15.5 Å². The van der Waals surface area contributed by atoms with E-state index in [4.69, 9.17) is 4.74 Å². The fourth-order valence-electron chi connectivity index (χ4n) is 4.08. The van der Waals surface area contributed by atoms with E-state index in [1.165, 1.54) is 12.6 Å². The fourth-order valence-corrected chi connectivity index (χ4v) is 4.29. The quantitative estimate of drug-likeness (QED) is 0.494. The summed E-state index contributed by atoms with van der Waals surface area (Å²) in [4.78, 5) is 20.1. The molecule has 32 heavy (non-hydrogen) atoms. The van der Waals surface area contributed by atoms with Crippen molar-refractivity contribution in [2.75, 3.05) is 12.4 Å². The molecule has 1 saturated carbocycles. The van der Waals surface area contributed by atoms with E-state index in [1.54, 1.807) is 30.0 Å². The van der Waals surface area contributed by atoms with Gasteiger partial charge in [0.1, 0.15) is 17.1 Å². The van der Waals surface area contributed by atoms with E-state index in [9.17, 15) is 13.6 Å². The second-order valence-electron chi connectivity index (χ2n) is 9.16. The van der Waals surface area contributed by atoms with Gasteiger partial charge in [-0.1, -0.05) is 20.9 Å². The first-order valence-electron chi connectivity index (χ1n) is 11.0. The van der Waals surface area contributed by atoms with Crippen molar-refractivity contribution in [1.82, 2.24) is 9.97 Å². The van der Waals surface area contributed by atoms with E-state index < -0.39 is 17.4 Å². The number of carbonyl (C=O) groups excluding carboxylic acids is 1. The van der Waals surface area contributed by atoms with Crippen LogP contribution in [0.4, 0.5) is 19.4 Å². The number of carbonyl (C=O) groups is 1. The molecule has 2 aromatic heterocycles. The number of anilines is 1. The van der Waals surface area contributed by atoms with Crippen LogP contribution in [0.5, 0.6) is 0 Å². The van der Waals surface area contributed by atoms with Crippen molar-refractivity contribution in [2.24, 2.45) is 5.73 Å². The summed E-state index contributed by atoms with van der Waals surface area (Å²) in [5, 5.41) is 3.14. The molecule has 0 radical (unpaired) electrons. The number of pyridine rings is 1. The normalized spacial score (nSPS) is 15.9. The van der Waals surface area contributed by atoms with Crippen LogP contribution in [0, 0.1) is 0 Å². The second-order valence-corrected chi connectivity index (χ2v) is 9.89. The molecule has 6 nitrogen and oxygen atoms in total. The minimum Gasteiger partial charge on any atom is -0.444 e. The smallest absolute Gasteiger partial charge is 0.413 e. The van der Waals surface area contributed by atoms with Gasteiger partial charge in [-0.3, -0.25) is 10.3 Å². The summed E-state index contributed by atoms with van der Waals surface area (Å²) >= 11 is 0. The Hall–Kier alpha value is -2.05. The molecule has 2 aliphatic rings. The van der Waals surface area contributed by atoms with Gasteiger partial charge >= 0.3 is 11.8 Å². The van der Waals surface area contributed by atoms with Crippen LogP contribution in [0.2, 0.25) is 0 Å². The highest BCUT2D eigenvalue weighted by Gasteiger charge is 2.34. The molecule has 0 saturated heterocycles. The number of nitrogens with one attached hydrogen (secondary N) is 2. The molecule has 2 heterocycles. The summed E-state index contributed by atoms with van der Waals surface area (Å²) < 4.78 is 34.6. The lowest BCUT2D eigenvalue weighted by atomic mass is 9.89. The van der Waals surface area contributed by atoms with E-state index in [0.29, 0.717) is 28.7 Å². The molecule has 0 aromatic carbocycles. The molecular formula is C23H33F2N4O2P. The summed E-state index contributed by atoms with van der Waals surface area (Å²) in [5.41, 5.74) is 4.47. The lowest BCUT2D eigenvalue weighted by molar-refractivity contribution is 0.0635. The number of hydrogen-bond donors (Lipinski definition) is 3. The standard InChI is InChI=1S/C22H28F2N3O2P.CH5N/c1-21(2,3)29-20(28)27-19-14(11-12-7-6-8-12)16-17(26-19)13-9-4-5-10-15(13)25-18(16)22(23,24)30;1-2/h11,26H,4-10,30H2,1-3H3,(H,27,28);2H2,1H3. The number of aromatic nitrogens is 2. The SMILES string of the molecule is CC(C)(C)OC(=O)Nc1[nH]c2c3c(nc(C(F)(F)P)c2c1C=C1CCC1)CCCC3.CN. The molecule has 9 heteroatoms. The predicted molar refractivity (Wildman–Crippen MR) is 128 cm³/mol. The van der Waals surface area contributed by atoms with Crippen molar-refractivity contribution in [3.8, 4) is 0 Å². The number of halogens is 2. The summed E-state index contributed by atoms with van der Waals surface area (Å²) in [6.07, 6.45) is 7.65. The average Bonchev–Trinajstić information content (AvgIpc) is 3.01. The van der Waals surface area contributed by atoms with Gasteiger partial charge in [-0.2, -0.15) is 8.78 Å². The lowest BCUT2D eigenvalue weighted by Crippen LogP contribution is -2.27. The number of aryl methyl sites for hydroxylation is 2. The van der Waals surface area contributed by atoms with Crippen LogP contribution in [0.15, 0.2) is 5.57 Å². The molecule has 1 fully saturated rings. The van der Waals surface area contributed by atoms with Crippen LogP contribution in [0.1, 0.15) is 75.4 Å². The topological polar surface area (TPSA) is 93.0 Å². The van der Waals surface area contributed by atoms with Gasteiger partial charge in [0.15, 0.2) is 0 Å². The molecular weight excluding hydrogens is 433 g/mol. The zero-order chi connectivity index (χ0) is 23.7. The molecule has 4 N–H and O–H groups in total. The monoisotopic (exact) mass is 466 g/mol. The summed E-state index contributed by atoms with van der Waals surface area (Å²) in [7, 11) is 3.11. The van der Waals surface area contributed by atoms with E-state index >= 15 is 0 Å². The molecule has 1 amide bonds. The van der Waals surface area contributed by atoms with Crippen LogP contribution in [-0.2, 0) is 23.2 Å². The van der Waals surface area contributed by atoms with E-state index in [1.807, 2.05) is 6.08 Å². The van der Waals surface area contributed by atoms with Crippen LogP contribution < -0.4 is 11.1 Å². The Morgan fingerprint density at radius 3 is 2.38 bits per heavy atom. The third-order valence-corrected chi connectivity index (χ3v) is 5.82. The Kier molecular flexibility index (Phi) is 7.25. The summed E-state index contributed by atoms with van der Waals surface area (Å²) in [6.45, 7) is 5.34. The number of fused-ring (bicyclic) bond motifs is 3. The number of H-pyrrole nitrogens is 1. The second kappa shape index (κ2) is 9.44. The summed E-state index contributed by atoms with van der Waals surface area (Å²) in [6, 6.07) is 0. The third-order valence-electron chi connectivity index (χ3n) is 5.55. The van der Waals surface area contributed by atoms with Crippen molar-refractivity contribution in [2.45, 2.75) is 77.0 Å². The molecule has 0 spiro atoms. The Balaban J connectivity index is 0.00000141. The summed E-state index contributed by atoms with van der Waals surface area (Å²) in [5.74, 6) is 0.384. The predicted octanol–water partition coefficient (Wildman–Crippen LogP) is 5.86. The first kappa shape index (κ1) is 24.6. The molecule has 176 valence electrons. The van der Waals surface area contributed by atoms with Crippen molar-refractivity contribution in [3.63, 3.8) is 0 Å². The highest BCUT2D eigenvalue weighted by molar-refractivity contribution is 7.17. The largest absolute Gasteiger partial charge is 0.444 e. The Morgan fingerprint density at radius 2 is 1.81 bits per heavy atom. The average molecular weight is 467 g/mol. The number of nitrogens with zero attached hydrogens (tertiary/aromatic N) is 1. The van der Waals surface area contributed by atoms with Crippen LogP contribution in [0.3, 0.4) is 0 Å². The molecule has 0 aliphatic heterocycles. The van der Waals surface area contributed by atoms with E-state index in [-0.39, 0.29) is 5.69 Å². The highest BCUT2D eigenvalue weighted by Crippen LogP contribution is 2.45. The molecule has 2 aromatic rings. The Labute approximate surface area is 190 Å². The molecule has 2 aliphatic carbocycles. The number of amides is 1. The van der Waals surface area contributed by atoms with Gasteiger partial charge in [0.25, 0.3) is 0 Å². The lowest BCUT2D eigenvalue weighted by Gasteiger charge is -2.21. The number of aromatic amines is 1. The maximum atomic E-state index is 14.6. The third kappa shape index (κ3) is 5.29. The van der Waals surface area contributed by atoms with Crippen molar-refractivity contribution < 1.29 is 18.3 Å². The first-order valence-corrected chi connectivity index (χ1v) is 11.6. The number of alkyl halides is 2. The van der Waals surface area contributed by atoms with Crippen LogP contribution >= 0.6 is 9.24 Å². The molecule has 1 unspecified atom stereocenters. The number of allylic oxidation sites excluding steroid dienone is 1. The zero-order valence-corrected chi connectivity index (χ0v) is 20.4. The van der Waals surface area contributed by atoms with Crippen molar-refractivity contribution in [1.29, 1.82) is 0 Å². The Bertz CT molecular complexity index is 1030. The van der Waals surface area contributed by atoms with Crippen molar-refractivity contribution in [3.05, 3.63) is 28.1 Å². The highest BCUT2D eigenvalue weighted by atomic mass is 31.0. The number of rotatable bonds is 3. The molecule has 0 bridgehead atoms. The van der Waals surface area contributed by atoms with Gasteiger partial charge in [-0.05, 0) is 78.3 Å². The fraction of sp³-hybridized carbons (Fsp3) is 0.565. The molecule has 1 atom stereocenters. The maximum absolute atomic E-state index is 14.6. The van der Waals surface area contributed by atoms with Gasteiger partial charge in [-0.25, -0.2) is 4.79 Å². The minimum absolute atomic E-state index is 0.261. The van der Waals surface area contributed by atoms with E-state index in [2.05, 4.69) is 21.0 Å². The van der Waals surface area contributed by atoms with Gasteiger partial charge in [-0.15, -0.1) is 0 Å². The van der Waals surface area contributed by atoms with E-state index in [0.717, 1.165) is 49.8 Å². The zero-order valence-electron chi connectivity index (χ0n) is 19.2.